The van der Waals surface area contributed by atoms with E-state index in [0.29, 0.717) is 31.1 Å². The number of amides is 1. The number of aliphatic hydroxyl groups excluding tert-OH is 1. The van der Waals surface area contributed by atoms with Crippen LogP contribution in [-0.2, 0) is 14.3 Å². The number of ketones is 1. The molecule has 6 nitrogen and oxygen atoms in total. The standard InChI is InChI=1S/C25H27NO5/c1-3-30-18-12-10-17(11-13-18)23(27)21-22(20-9-5-4-7-16(20)2)26(25(29)24(21)28)15-19-8-6-14-31-19/h4-5,7,9-13,19,22,27H,3,6,8,14-15H2,1-2H3/b23-21-. The molecule has 0 spiro atoms. The number of carbonyl (C=O) groups excluding carboxylic acids is 2. The van der Waals surface area contributed by atoms with Crippen LogP contribution in [0.1, 0.15) is 42.5 Å². The average Bonchev–Trinajstić information content (AvgIpc) is 3.37. The maximum absolute atomic E-state index is 13.1. The van der Waals surface area contributed by atoms with Gasteiger partial charge in [0.1, 0.15) is 11.5 Å². The molecule has 2 fully saturated rings. The van der Waals surface area contributed by atoms with Gasteiger partial charge in [0.15, 0.2) is 0 Å². The van der Waals surface area contributed by atoms with E-state index in [0.717, 1.165) is 24.0 Å². The lowest BCUT2D eigenvalue weighted by atomic mass is 9.92. The third-order valence-electron chi connectivity index (χ3n) is 5.89. The predicted molar refractivity (Wildman–Crippen MR) is 117 cm³/mol. The van der Waals surface area contributed by atoms with Gasteiger partial charge >= 0.3 is 0 Å². The summed E-state index contributed by atoms with van der Waals surface area (Å²) in [4.78, 5) is 27.7. The number of hydrogen-bond donors (Lipinski definition) is 1. The third kappa shape index (κ3) is 4.08. The van der Waals surface area contributed by atoms with Gasteiger partial charge in [-0.25, -0.2) is 0 Å². The molecule has 2 aliphatic heterocycles. The van der Waals surface area contributed by atoms with Crippen LogP contribution >= 0.6 is 0 Å². The predicted octanol–water partition coefficient (Wildman–Crippen LogP) is 3.99. The van der Waals surface area contributed by atoms with Crippen molar-refractivity contribution in [2.75, 3.05) is 19.8 Å². The fourth-order valence-electron chi connectivity index (χ4n) is 4.32. The van der Waals surface area contributed by atoms with Crippen molar-refractivity contribution in [1.82, 2.24) is 4.90 Å². The fraction of sp³-hybridized carbons (Fsp3) is 0.360. The number of ether oxygens (including phenoxy) is 2. The quantitative estimate of drug-likeness (QED) is 0.434. The molecular weight excluding hydrogens is 394 g/mol. The number of benzene rings is 2. The number of hydrogen-bond acceptors (Lipinski definition) is 5. The van der Waals surface area contributed by atoms with Gasteiger partial charge in [-0.05, 0) is 62.1 Å². The second-order valence-corrected chi connectivity index (χ2v) is 7.90. The number of rotatable bonds is 6. The van der Waals surface area contributed by atoms with Crippen LogP contribution in [0.25, 0.3) is 5.76 Å². The summed E-state index contributed by atoms with van der Waals surface area (Å²) in [5.74, 6) is -0.772. The summed E-state index contributed by atoms with van der Waals surface area (Å²) in [6.45, 7) is 5.36. The van der Waals surface area contributed by atoms with Gasteiger partial charge in [-0.3, -0.25) is 9.59 Å². The SMILES string of the molecule is CCOc1ccc(/C(O)=C2/C(=O)C(=O)N(CC3CCCO3)C2c2ccccc2C)cc1. The molecule has 1 N–H and O–H groups in total. The molecule has 162 valence electrons. The van der Waals surface area contributed by atoms with Crippen LogP contribution in [0.5, 0.6) is 5.75 Å². The van der Waals surface area contributed by atoms with Gasteiger partial charge in [0, 0.05) is 18.7 Å². The van der Waals surface area contributed by atoms with Gasteiger partial charge in [0.25, 0.3) is 11.7 Å². The number of nitrogens with zero attached hydrogens (tertiary/aromatic N) is 1. The molecule has 2 unspecified atom stereocenters. The zero-order valence-electron chi connectivity index (χ0n) is 17.8. The molecule has 0 radical (unpaired) electrons. The first-order chi connectivity index (χ1) is 15.0. The fourth-order valence-corrected chi connectivity index (χ4v) is 4.32. The maximum Gasteiger partial charge on any atom is 0.295 e. The average molecular weight is 421 g/mol. The Balaban J connectivity index is 1.79. The highest BCUT2D eigenvalue weighted by molar-refractivity contribution is 6.46. The van der Waals surface area contributed by atoms with E-state index >= 15 is 0 Å². The Bertz CT molecular complexity index is 1000. The van der Waals surface area contributed by atoms with Gasteiger partial charge in [0.05, 0.1) is 24.3 Å². The molecule has 1 amide bonds. The normalized spacial score (nSPS) is 22.8. The van der Waals surface area contributed by atoms with E-state index in [1.54, 1.807) is 29.2 Å². The van der Waals surface area contributed by atoms with E-state index in [1.165, 1.54) is 0 Å². The Morgan fingerprint density at radius 3 is 2.55 bits per heavy atom. The molecule has 2 aliphatic rings. The molecule has 2 heterocycles. The Labute approximate surface area is 182 Å². The summed E-state index contributed by atoms with van der Waals surface area (Å²) in [6, 6.07) is 13.9. The van der Waals surface area contributed by atoms with Gasteiger partial charge in [-0.1, -0.05) is 24.3 Å². The lowest BCUT2D eigenvalue weighted by Gasteiger charge is -2.28. The highest BCUT2D eigenvalue weighted by Crippen LogP contribution is 2.41. The first kappa shape index (κ1) is 21.1. The lowest BCUT2D eigenvalue weighted by molar-refractivity contribution is -0.140. The molecule has 0 saturated carbocycles. The highest BCUT2D eigenvalue weighted by Gasteiger charge is 2.47. The summed E-state index contributed by atoms with van der Waals surface area (Å²) in [5, 5.41) is 11.1. The van der Waals surface area contributed by atoms with Crippen molar-refractivity contribution in [3.8, 4) is 5.75 Å². The van der Waals surface area contributed by atoms with E-state index in [2.05, 4.69) is 0 Å². The monoisotopic (exact) mass is 421 g/mol. The first-order valence-electron chi connectivity index (χ1n) is 10.7. The van der Waals surface area contributed by atoms with Crippen molar-refractivity contribution in [1.29, 1.82) is 0 Å². The number of likely N-dealkylation sites (tertiary alicyclic amines) is 1. The van der Waals surface area contributed by atoms with Crippen molar-refractivity contribution in [2.24, 2.45) is 0 Å². The van der Waals surface area contributed by atoms with E-state index in [9.17, 15) is 14.7 Å². The van der Waals surface area contributed by atoms with Crippen molar-refractivity contribution in [3.05, 3.63) is 70.8 Å². The number of carbonyl (C=O) groups is 2. The van der Waals surface area contributed by atoms with E-state index in [4.69, 9.17) is 9.47 Å². The molecule has 0 aromatic heterocycles. The minimum Gasteiger partial charge on any atom is -0.507 e. The largest absolute Gasteiger partial charge is 0.507 e. The number of aryl methyl sites for hydroxylation is 1. The molecule has 4 rings (SSSR count). The highest BCUT2D eigenvalue weighted by atomic mass is 16.5. The Morgan fingerprint density at radius 2 is 1.90 bits per heavy atom. The van der Waals surface area contributed by atoms with Crippen molar-refractivity contribution in [2.45, 2.75) is 38.8 Å². The molecule has 2 saturated heterocycles. The van der Waals surface area contributed by atoms with Crippen LogP contribution in [0.3, 0.4) is 0 Å². The summed E-state index contributed by atoms with van der Waals surface area (Å²) in [7, 11) is 0. The van der Waals surface area contributed by atoms with Crippen LogP contribution in [0, 0.1) is 6.92 Å². The summed E-state index contributed by atoms with van der Waals surface area (Å²) < 4.78 is 11.2. The third-order valence-corrected chi connectivity index (χ3v) is 5.89. The molecule has 2 aromatic rings. The lowest BCUT2D eigenvalue weighted by Crippen LogP contribution is -2.36. The van der Waals surface area contributed by atoms with Crippen LogP contribution in [-0.4, -0.2) is 47.6 Å². The van der Waals surface area contributed by atoms with E-state index in [1.807, 2.05) is 38.1 Å². The van der Waals surface area contributed by atoms with Gasteiger partial charge in [-0.15, -0.1) is 0 Å². The van der Waals surface area contributed by atoms with Crippen LogP contribution < -0.4 is 4.74 Å². The smallest absolute Gasteiger partial charge is 0.295 e. The van der Waals surface area contributed by atoms with Crippen LogP contribution in [0.2, 0.25) is 0 Å². The second-order valence-electron chi connectivity index (χ2n) is 7.90. The minimum atomic E-state index is -0.669. The first-order valence-corrected chi connectivity index (χ1v) is 10.7. The Morgan fingerprint density at radius 1 is 1.16 bits per heavy atom. The zero-order valence-corrected chi connectivity index (χ0v) is 17.8. The Hall–Kier alpha value is -3.12. The number of Topliss-reactive ketones (excluding diaryl/α,β-unsaturated/α-hetero) is 1. The van der Waals surface area contributed by atoms with Gasteiger partial charge in [-0.2, -0.15) is 0 Å². The molecule has 2 atom stereocenters. The summed E-state index contributed by atoms with van der Waals surface area (Å²) in [5.41, 5.74) is 2.36. The Kier molecular flexibility index (Phi) is 6.09. The van der Waals surface area contributed by atoms with E-state index < -0.39 is 17.7 Å². The molecule has 0 aliphatic carbocycles. The van der Waals surface area contributed by atoms with Crippen LogP contribution in [0.4, 0.5) is 0 Å². The topological polar surface area (TPSA) is 76.1 Å². The molecule has 6 heteroatoms. The van der Waals surface area contributed by atoms with Gasteiger partial charge < -0.3 is 19.5 Å². The van der Waals surface area contributed by atoms with Crippen molar-refractivity contribution in [3.63, 3.8) is 0 Å². The molecule has 31 heavy (non-hydrogen) atoms. The molecular formula is C25H27NO5. The number of aliphatic hydroxyl groups is 1. The second kappa shape index (κ2) is 8.94. The maximum atomic E-state index is 13.1. The summed E-state index contributed by atoms with van der Waals surface area (Å²) in [6.07, 6.45) is 1.69. The van der Waals surface area contributed by atoms with Gasteiger partial charge in [0.2, 0.25) is 0 Å². The molecule has 0 bridgehead atoms. The summed E-state index contributed by atoms with van der Waals surface area (Å²) >= 11 is 0. The zero-order chi connectivity index (χ0) is 22.0. The van der Waals surface area contributed by atoms with Crippen molar-refractivity contribution >= 4 is 17.4 Å². The van der Waals surface area contributed by atoms with Crippen LogP contribution in [0.15, 0.2) is 54.1 Å². The van der Waals surface area contributed by atoms with E-state index in [-0.39, 0.29) is 17.4 Å². The molecule has 2 aromatic carbocycles. The minimum absolute atomic E-state index is 0.102. The van der Waals surface area contributed by atoms with Crippen molar-refractivity contribution < 1.29 is 24.2 Å².